The fraction of sp³-hybridized carbons (Fsp3) is 0.450. The summed E-state index contributed by atoms with van der Waals surface area (Å²) in [7, 11) is 0. The largest absolute Gasteiger partial charge is 0.379 e. The van der Waals surface area contributed by atoms with Crippen LogP contribution in [-0.2, 0) is 4.74 Å². The number of hydrogen-bond acceptors (Lipinski definition) is 5. The molecule has 1 aliphatic heterocycles. The minimum atomic E-state index is -0.136. The Morgan fingerprint density at radius 2 is 1.92 bits per heavy atom. The van der Waals surface area contributed by atoms with Crippen LogP contribution >= 0.6 is 0 Å². The number of amides is 1. The number of carbonyl (C=O) groups excluding carboxylic acids is 1. The summed E-state index contributed by atoms with van der Waals surface area (Å²) in [4.78, 5) is 23.8. The van der Waals surface area contributed by atoms with Gasteiger partial charge in [-0.05, 0) is 20.8 Å². The fourth-order valence-corrected chi connectivity index (χ4v) is 3.09. The molecule has 26 heavy (non-hydrogen) atoms. The maximum atomic E-state index is 12.6. The smallest absolute Gasteiger partial charge is 0.254 e. The first-order chi connectivity index (χ1) is 12.5. The first kappa shape index (κ1) is 18.5. The highest BCUT2D eigenvalue weighted by atomic mass is 16.5. The lowest BCUT2D eigenvalue weighted by molar-refractivity contribution is -0.00923. The van der Waals surface area contributed by atoms with Gasteiger partial charge in [0.2, 0.25) is 0 Å². The Morgan fingerprint density at radius 1 is 1.23 bits per heavy atom. The average molecular weight is 354 g/mol. The van der Waals surface area contributed by atoms with Crippen molar-refractivity contribution in [2.45, 2.75) is 26.3 Å². The van der Waals surface area contributed by atoms with E-state index < -0.39 is 0 Å². The lowest BCUT2D eigenvalue weighted by Crippen LogP contribution is -2.55. The lowest BCUT2D eigenvalue weighted by Gasteiger charge is -2.40. The molecule has 0 radical (unpaired) electrons. The molecule has 138 valence electrons. The number of ether oxygens (including phenoxy) is 1. The van der Waals surface area contributed by atoms with Crippen molar-refractivity contribution in [2.24, 2.45) is 0 Å². The molecular formula is C20H26N4O2. The van der Waals surface area contributed by atoms with Crippen molar-refractivity contribution in [3.63, 3.8) is 0 Å². The van der Waals surface area contributed by atoms with Crippen molar-refractivity contribution < 1.29 is 9.53 Å². The minimum absolute atomic E-state index is 0.127. The van der Waals surface area contributed by atoms with Crippen LogP contribution in [0, 0.1) is 6.92 Å². The Bertz CT molecular complexity index is 756. The highest BCUT2D eigenvalue weighted by Gasteiger charge is 2.29. The molecule has 0 saturated carbocycles. The Morgan fingerprint density at radius 3 is 2.58 bits per heavy atom. The molecule has 1 aromatic heterocycles. The molecule has 1 fully saturated rings. The summed E-state index contributed by atoms with van der Waals surface area (Å²) in [6.45, 7) is 9.94. The molecule has 1 amide bonds. The number of nitrogens with zero attached hydrogens (tertiary/aromatic N) is 3. The maximum Gasteiger partial charge on any atom is 0.254 e. The molecule has 1 aromatic carbocycles. The van der Waals surface area contributed by atoms with Crippen molar-refractivity contribution in [3.05, 3.63) is 47.8 Å². The summed E-state index contributed by atoms with van der Waals surface area (Å²) in [6, 6.07) is 9.76. The van der Waals surface area contributed by atoms with E-state index in [0.717, 1.165) is 31.9 Å². The number of benzene rings is 1. The molecule has 0 bridgehead atoms. The zero-order valence-electron chi connectivity index (χ0n) is 15.7. The predicted octanol–water partition coefficient (Wildman–Crippen LogP) is 2.29. The van der Waals surface area contributed by atoms with Gasteiger partial charge in [0, 0.05) is 36.9 Å². The Labute approximate surface area is 154 Å². The fourth-order valence-electron chi connectivity index (χ4n) is 3.09. The van der Waals surface area contributed by atoms with Crippen LogP contribution in [0.4, 0.5) is 0 Å². The molecule has 2 heterocycles. The molecule has 0 unspecified atom stereocenters. The highest BCUT2D eigenvalue weighted by Crippen LogP contribution is 2.17. The van der Waals surface area contributed by atoms with E-state index in [-0.39, 0.29) is 11.4 Å². The van der Waals surface area contributed by atoms with E-state index in [1.54, 1.807) is 6.20 Å². The van der Waals surface area contributed by atoms with Crippen LogP contribution < -0.4 is 5.32 Å². The van der Waals surface area contributed by atoms with Crippen molar-refractivity contribution in [1.82, 2.24) is 20.2 Å². The topological polar surface area (TPSA) is 67.4 Å². The normalized spacial score (nSPS) is 15.7. The van der Waals surface area contributed by atoms with E-state index >= 15 is 0 Å². The van der Waals surface area contributed by atoms with Crippen LogP contribution in [0.1, 0.15) is 29.9 Å². The third-order valence-electron chi connectivity index (χ3n) is 4.80. The Kier molecular flexibility index (Phi) is 5.64. The summed E-state index contributed by atoms with van der Waals surface area (Å²) >= 11 is 0. The second-order valence-electron chi connectivity index (χ2n) is 7.15. The summed E-state index contributed by atoms with van der Waals surface area (Å²) in [5.74, 6) is 0.497. The quantitative estimate of drug-likeness (QED) is 0.892. The zero-order chi connectivity index (χ0) is 18.6. The Hall–Kier alpha value is -2.31. The van der Waals surface area contributed by atoms with Gasteiger partial charge in [-0.1, -0.05) is 30.3 Å². The van der Waals surface area contributed by atoms with E-state index in [4.69, 9.17) is 4.74 Å². The van der Waals surface area contributed by atoms with Crippen molar-refractivity contribution >= 4 is 5.91 Å². The summed E-state index contributed by atoms with van der Waals surface area (Å²) in [5, 5.41) is 3.04. The third kappa shape index (κ3) is 4.26. The highest BCUT2D eigenvalue weighted by molar-refractivity contribution is 5.95. The first-order valence-electron chi connectivity index (χ1n) is 8.97. The monoisotopic (exact) mass is 354 g/mol. The summed E-state index contributed by atoms with van der Waals surface area (Å²) < 4.78 is 5.41. The van der Waals surface area contributed by atoms with Gasteiger partial charge in [-0.3, -0.25) is 9.69 Å². The number of carbonyl (C=O) groups is 1. The third-order valence-corrected chi connectivity index (χ3v) is 4.80. The predicted molar refractivity (Wildman–Crippen MR) is 101 cm³/mol. The first-order valence-corrected chi connectivity index (χ1v) is 8.97. The molecular weight excluding hydrogens is 328 g/mol. The van der Waals surface area contributed by atoms with Crippen LogP contribution in [0.15, 0.2) is 36.5 Å². The summed E-state index contributed by atoms with van der Waals surface area (Å²) in [6.07, 6.45) is 1.61. The van der Waals surface area contributed by atoms with Gasteiger partial charge in [0.25, 0.3) is 5.91 Å². The van der Waals surface area contributed by atoms with Gasteiger partial charge in [-0.15, -0.1) is 0 Å². The van der Waals surface area contributed by atoms with Gasteiger partial charge in [-0.25, -0.2) is 9.97 Å². The molecule has 6 nitrogen and oxygen atoms in total. The van der Waals surface area contributed by atoms with Crippen LogP contribution in [0.3, 0.4) is 0 Å². The molecule has 1 aliphatic rings. The van der Waals surface area contributed by atoms with Crippen LogP contribution in [0.5, 0.6) is 0 Å². The lowest BCUT2D eigenvalue weighted by atomic mass is 10.0. The van der Waals surface area contributed by atoms with Gasteiger partial charge in [0.05, 0.1) is 24.5 Å². The second kappa shape index (κ2) is 7.93. The second-order valence-corrected chi connectivity index (χ2v) is 7.15. The number of hydrogen-bond donors (Lipinski definition) is 1. The van der Waals surface area contributed by atoms with E-state index in [0.29, 0.717) is 23.6 Å². The van der Waals surface area contributed by atoms with E-state index in [1.807, 2.05) is 37.3 Å². The van der Waals surface area contributed by atoms with E-state index in [1.165, 1.54) is 0 Å². The van der Waals surface area contributed by atoms with Gasteiger partial charge in [0.15, 0.2) is 5.82 Å². The molecule has 2 aromatic rings. The number of aryl methyl sites for hydroxylation is 1. The molecule has 0 spiro atoms. The molecule has 0 aliphatic carbocycles. The summed E-state index contributed by atoms with van der Waals surface area (Å²) in [5.41, 5.74) is 2.01. The van der Waals surface area contributed by atoms with Gasteiger partial charge in [-0.2, -0.15) is 0 Å². The van der Waals surface area contributed by atoms with Gasteiger partial charge >= 0.3 is 0 Å². The standard InChI is InChI=1S/C20H26N4O2/c1-15-17(13-21-18(23-15)16-7-5-4-6-8-16)19(25)22-14-20(2,3)24-9-11-26-12-10-24/h4-8,13H,9-12,14H2,1-3H3,(H,22,25). The minimum Gasteiger partial charge on any atom is -0.379 e. The number of nitrogens with one attached hydrogen (secondary N) is 1. The van der Waals surface area contributed by atoms with Crippen LogP contribution in [-0.4, -0.2) is 59.2 Å². The number of aromatic nitrogens is 2. The van der Waals surface area contributed by atoms with Crippen LogP contribution in [0.2, 0.25) is 0 Å². The number of morpholine rings is 1. The van der Waals surface area contributed by atoms with E-state index in [9.17, 15) is 4.79 Å². The SMILES string of the molecule is Cc1nc(-c2ccccc2)ncc1C(=O)NCC(C)(C)N1CCOCC1. The van der Waals surface area contributed by atoms with Crippen molar-refractivity contribution in [2.75, 3.05) is 32.8 Å². The van der Waals surface area contributed by atoms with Crippen molar-refractivity contribution in [1.29, 1.82) is 0 Å². The average Bonchev–Trinajstić information content (AvgIpc) is 2.67. The van der Waals surface area contributed by atoms with Gasteiger partial charge < -0.3 is 10.1 Å². The zero-order valence-corrected chi connectivity index (χ0v) is 15.7. The molecule has 0 atom stereocenters. The van der Waals surface area contributed by atoms with Crippen molar-refractivity contribution in [3.8, 4) is 11.4 Å². The number of rotatable bonds is 5. The van der Waals surface area contributed by atoms with E-state index in [2.05, 4.69) is 34.0 Å². The maximum absolute atomic E-state index is 12.6. The molecule has 6 heteroatoms. The molecule has 1 N–H and O–H groups in total. The van der Waals surface area contributed by atoms with Gasteiger partial charge in [0.1, 0.15) is 0 Å². The van der Waals surface area contributed by atoms with Crippen LogP contribution in [0.25, 0.3) is 11.4 Å². The molecule has 3 rings (SSSR count). The Balaban J connectivity index is 1.66. The molecule has 1 saturated heterocycles.